The second-order valence-corrected chi connectivity index (χ2v) is 9.85. The second kappa shape index (κ2) is 14.7. The second-order valence-electron chi connectivity index (χ2n) is 7.15. The van der Waals surface area contributed by atoms with Crippen molar-refractivity contribution in [2.45, 2.75) is 39.0 Å². The SMILES string of the molecule is CC(CCO)CCN(C)CCSSCCN1CCC(CCO)CC1. The molecule has 0 saturated carbocycles. The number of hydrogen-bond donors (Lipinski definition) is 2. The van der Waals surface area contributed by atoms with Crippen molar-refractivity contribution < 1.29 is 10.2 Å². The van der Waals surface area contributed by atoms with Crippen molar-refractivity contribution in [3.05, 3.63) is 0 Å². The quantitative estimate of drug-likeness (QED) is 0.358. The Kier molecular flexibility index (Phi) is 13.8. The van der Waals surface area contributed by atoms with Crippen LogP contribution in [0.2, 0.25) is 0 Å². The molecule has 6 heteroatoms. The Morgan fingerprint density at radius 2 is 1.75 bits per heavy atom. The molecule has 0 aromatic carbocycles. The first-order valence-electron chi connectivity index (χ1n) is 9.52. The zero-order valence-corrected chi connectivity index (χ0v) is 17.3. The summed E-state index contributed by atoms with van der Waals surface area (Å²) in [6, 6.07) is 0. The predicted octanol–water partition coefficient (Wildman–Crippen LogP) is 2.80. The van der Waals surface area contributed by atoms with Gasteiger partial charge in [0.1, 0.15) is 0 Å². The highest BCUT2D eigenvalue weighted by Crippen LogP contribution is 2.23. The lowest BCUT2D eigenvalue weighted by molar-refractivity contribution is 0.165. The van der Waals surface area contributed by atoms with Crippen molar-refractivity contribution in [1.29, 1.82) is 0 Å². The van der Waals surface area contributed by atoms with Gasteiger partial charge in [-0.15, -0.1) is 0 Å². The summed E-state index contributed by atoms with van der Waals surface area (Å²) in [5.41, 5.74) is 0. The minimum atomic E-state index is 0.316. The number of aliphatic hydroxyl groups excluding tert-OH is 2. The molecular formula is C18H38N2O2S2. The predicted molar refractivity (Wildman–Crippen MR) is 109 cm³/mol. The van der Waals surface area contributed by atoms with Crippen LogP contribution in [0, 0.1) is 11.8 Å². The molecule has 4 nitrogen and oxygen atoms in total. The molecule has 0 aromatic heterocycles. The molecule has 1 rings (SSSR count). The molecule has 1 heterocycles. The zero-order chi connectivity index (χ0) is 17.6. The molecular weight excluding hydrogens is 340 g/mol. The van der Waals surface area contributed by atoms with Crippen molar-refractivity contribution in [2.75, 3.05) is 64.5 Å². The van der Waals surface area contributed by atoms with Gasteiger partial charge in [-0.25, -0.2) is 0 Å². The van der Waals surface area contributed by atoms with Gasteiger partial charge in [-0.3, -0.25) is 0 Å². The highest BCUT2D eigenvalue weighted by Gasteiger charge is 2.18. The Labute approximate surface area is 157 Å². The molecule has 24 heavy (non-hydrogen) atoms. The molecule has 1 fully saturated rings. The summed E-state index contributed by atoms with van der Waals surface area (Å²) < 4.78 is 0. The van der Waals surface area contributed by atoms with Gasteiger partial charge in [0.05, 0.1) is 0 Å². The third kappa shape index (κ3) is 11.2. The fourth-order valence-corrected chi connectivity index (χ4v) is 5.18. The van der Waals surface area contributed by atoms with Crippen LogP contribution in [0.4, 0.5) is 0 Å². The zero-order valence-electron chi connectivity index (χ0n) is 15.7. The van der Waals surface area contributed by atoms with Crippen LogP contribution in [0.15, 0.2) is 0 Å². The summed E-state index contributed by atoms with van der Waals surface area (Å²) in [5, 5.41) is 17.9. The summed E-state index contributed by atoms with van der Waals surface area (Å²) in [6.45, 7) is 8.81. The molecule has 1 atom stereocenters. The number of nitrogens with zero attached hydrogens (tertiary/aromatic N) is 2. The van der Waals surface area contributed by atoms with Crippen LogP contribution < -0.4 is 0 Å². The first-order chi connectivity index (χ1) is 11.7. The van der Waals surface area contributed by atoms with Crippen LogP contribution in [-0.2, 0) is 0 Å². The Morgan fingerprint density at radius 3 is 2.42 bits per heavy atom. The Morgan fingerprint density at radius 1 is 1.04 bits per heavy atom. The van der Waals surface area contributed by atoms with E-state index in [-0.39, 0.29) is 0 Å². The largest absolute Gasteiger partial charge is 0.396 e. The van der Waals surface area contributed by atoms with Crippen LogP contribution in [-0.4, -0.2) is 84.5 Å². The lowest BCUT2D eigenvalue weighted by Gasteiger charge is -2.31. The van der Waals surface area contributed by atoms with Crippen LogP contribution in [0.5, 0.6) is 0 Å². The van der Waals surface area contributed by atoms with Crippen molar-refractivity contribution >= 4 is 21.6 Å². The number of rotatable bonds is 14. The molecule has 1 aliphatic rings. The van der Waals surface area contributed by atoms with Crippen molar-refractivity contribution in [3.8, 4) is 0 Å². The fraction of sp³-hybridized carbons (Fsp3) is 1.00. The number of aliphatic hydroxyl groups is 2. The van der Waals surface area contributed by atoms with E-state index in [2.05, 4.69) is 23.8 Å². The van der Waals surface area contributed by atoms with Crippen molar-refractivity contribution in [2.24, 2.45) is 11.8 Å². The van der Waals surface area contributed by atoms with Crippen LogP contribution in [0.1, 0.15) is 39.0 Å². The minimum Gasteiger partial charge on any atom is -0.396 e. The first-order valence-corrected chi connectivity index (χ1v) is 12.0. The molecule has 1 unspecified atom stereocenters. The number of hydrogen-bond acceptors (Lipinski definition) is 6. The minimum absolute atomic E-state index is 0.316. The maximum atomic E-state index is 9.00. The van der Waals surface area contributed by atoms with Gasteiger partial charge in [0.25, 0.3) is 0 Å². The molecule has 0 aromatic rings. The Hall–Kier alpha value is 0.540. The Balaban J connectivity index is 1.90. The molecule has 2 N–H and O–H groups in total. The van der Waals surface area contributed by atoms with Gasteiger partial charge in [-0.1, -0.05) is 28.5 Å². The van der Waals surface area contributed by atoms with E-state index in [1.165, 1.54) is 50.4 Å². The molecule has 0 bridgehead atoms. The average molecular weight is 379 g/mol. The van der Waals surface area contributed by atoms with Gasteiger partial charge < -0.3 is 20.0 Å². The smallest absolute Gasteiger partial charge is 0.0433 e. The van der Waals surface area contributed by atoms with Gasteiger partial charge in [0, 0.05) is 37.8 Å². The summed E-state index contributed by atoms with van der Waals surface area (Å²) in [5.74, 6) is 3.78. The third-order valence-corrected chi connectivity index (χ3v) is 7.37. The summed E-state index contributed by atoms with van der Waals surface area (Å²) in [7, 11) is 6.21. The van der Waals surface area contributed by atoms with Gasteiger partial charge in [0.2, 0.25) is 0 Å². The molecule has 1 saturated heterocycles. The van der Waals surface area contributed by atoms with E-state index in [0.29, 0.717) is 19.1 Å². The maximum Gasteiger partial charge on any atom is 0.0433 e. The molecule has 0 radical (unpaired) electrons. The lowest BCUT2D eigenvalue weighted by atomic mass is 9.94. The molecule has 0 spiro atoms. The lowest BCUT2D eigenvalue weighted by Crippen LogP contribution is -2.35. The van der Waals surface area contributed by atoms with Crippen molar-refractivity contribution in [3.63, 3.8) is 0 Å². The monoisotopic (exact) mass is 378 g/mol. The topological polar surface area (TPSA) is 46.9 Å². The summed E-state index contributed by atoms with van der Waals surface area (Å²) >= 11 is 0. The normalized spacial score (nSPS) is 18.4. The molecule has 0 amide bonds. The van der Waals surface area contributed by atoms with Crippen LogP contribution in [0.25, 0.3) is 0 Å². The summed E-state index contributed by atoms with van der Waals surface area (Å²) in [6.07, 6.45) is 5.62. The number of likely N-dealkylation sites (tertiary alicyclic amines) is 1. The van der Waals surface area contributed by atoms with E-state index in [1.54, 1.807) is 0 Å². The summed E-state index contributed by atoms with van der Waals surface area (Å²) in [4.78, 5) is 4.99. The van der Waals surface area contributed by atoms with E-state index < -0.39 is 0 Å². The number of piperidine rings is 1. The average Bonchev–Trinajstić information content (AvgIpc) is 2.58. The van der Waals surface area contributed by atoms with E-state index in [0.717, 1.165) is 31.8 Å². The maximum absolute atomic E-state index is 9.00. The van der Waals surface area contributed by atoms with Gasteiger partial charge >= 0.3 is 0 Å². The first kappa shape index (κ1) is 22.6. The third-order valence-electron chi connectivity index (χ3n) is 5.00. The van der Waals surface area contributed by atoms with Gasteiger partial charge in [0.15, 0.2) is 0 Å². The fourth-order valence-electron chi connectivity index (χ4n) is 3.08. The van der Waals surface area contributed by atoms with Crippen LogP contribution >= 0.6 is 21.6 Å². The molecule has 1 aliphatic heterocycles. The van der Waals surface area contributed by atoms with E-state index in [4.69, 9.17) is 10.2 Å². The standard InChI is InChI=1S/C18H38N2O2S2/c1-17(6-13-21)3-8-19(2)11-15-23-24-16-12-20-9-4-18(5-10-20)7-14-22/h17-18,21-22H,3-16H2,1-2H3. The van der Waals surface area contributed by atoms with E-state index in [9.17, 15) is 0 Å². The molecule has 0 aliphatic carbocycles. The highest BCUT2D eigenvalue weighted by atomic mass is 33.1. The van der Waals surface area contributed by atoms with Gasteiger partial charge in [-0.05, 0) is 70.6 Å². The van der Waals surface area contributed by atoms with Crippen molar-refractivity contribution in [1.82, 2.24) is 9.80 Å². The van der Waals surface area contributed by atoms with Crippen LogP contribution in [0.3, 0.4) is 0 Å². The Bertz CT molecular complexity index is 290. The van der Waals surface area contributed by atoms with E-state index >= 15 is 0 Å². The highest BCUT2D eigenvalue weighted by molar-refractivity contribution is 8.76. The van der Waals surface area contributed by atoms with E-state index in [1.807, 2.05) is 21.6 Å². The van der Waals surface area contributed by atoms with Gasteiger partial charge in [-0.2, -0.15) is 0 Å². The molecule has 144 valence electrons.